The van der Waals surface area contributed by atoms with Crippen molar-refractivity contribution in [2.24, 2.45) is 0 Å². The van der Waals surface area contributed by atoms with Gasteiger partial charge in [0.25, 0.3) is 11.7 Å². The Morgan fingerprint density at radius 3 is 2.39 bits per heavy atom. The van der Waals surface area contributed by atoms with Gasteiger partial charge in [-0.25, -0.2) is 4.39 Å². The Labute approximate surface area is 215 Å². The number of halogens is 2. The minimum atomic E-state index is -0.605. The molecule has 5 rings (SSSR count). The third kappa shape index (κ3) is 5.22. The van der Waals surface area contributed by atoms with Crippen LogP contribution < -0.4 is 9.80 Å². The molecule has 1 saturated heterocycles. The lowest BCUT2D eigenvalue weighted by Crippen LogP contribution is -2.46. The number of unbranched alkanes of at least 4 members (excludes halogenated alkanes) is 4. The highest BCUT2D eigenvalue weighted by Crippen LogP contribution is 2.30. The quantitative estimate of drug-likeness (QED) is 0.289. The topological polar surface area (TPSA) is 56.8 Å². The van der Waals surface area contributed by atoms with Crippen LogP contribution in [0, 0.1) is 5.82 Å². The first-order chi connectivity index (χ1) is 17.5. The van der Waals surface area contributed by atoms with E-state index in [1.54, 1.807) is 0 Å². The fraction of sp³-hybridized carbons (Fsp3) is 0.393. The van der Waals surface area contributed by atoms with Gasteiger partial charge in [-0.05, 0) is 61.9 Å². The first-order valence-corrected chi connectivity index (χ1v) is 13.1. The summed E-state index contributed by atoms with van der Waals surface area (Å²) in [6, 6.07) is 12.0. The minimum Gasteiger partial charge on any atom is -0.368 e. The molecule has 2 aromatic carbocycles. The zero-order valence-corrected chi connectivity index (χ0v) is 21.0. The number of pyridine rings is 1. The SMILES string of the molecule is O=C1C(=O)N(CCCCCCCN2CCN(c3ccnc4cc(Cl)ccc34)CC2)c2ccc(F)cc21. The van der Waals surface area contributed by atoms with Gasteiger partial charge in [0.2, 0.25) is 0 Å². The maximum absolute atomic E-state index is 13.4. The number of piperazine rings is 1. The Kier molecular flexibility index (Phi) is 7.48. The summed E-state index contributed by atoms with van der Waals surface area (Å²) in [5, 5.41) is 1.85. The first kappa shape index (κ1) is 24.7. The van der Waals surface area contributed by atoms with Crippen LogP contribution in [0.3, 0.4) is 0 Å². The van der Waals surface area contributed by atoms with Crippen LogP contribution in [0.1, 0.15) is 42.5 Å². The number of anilines is 2. The molecule has 1 aromatic heterocycles. The van der Waals surface area contributed by atoms with Crippen molar-refractivity contribution in [1.82, 2.24) is 9.88 Å². The summed E-state index contributed by atoms with van der Waals surface area (Å²) in [7, 11) is 0. The Bertz CT molecular complexity index is 1280. The highest BCUT2D eigenvalue weighted by Gasteiger charge is 2.35. The van der Waals surface area contributed by atoms with E-state index in [0.29, 0.717) is 17.3 Å². The Morgan fingerprint density at radius 1 is 0.833 bits per heavy atom. The van der Waals surface area contributed by atoms with E-state index in [9.17, 15) is 14.0 Å². The number of carbonyl (C=O) groups is 2. The Morgan fingerprint density at radius 2 is 1.58 bits per heavy atom. The fourth-order valence-electron chi connectivity index (χ4n) is 5.22. The van der Waals surface area contributed by atoms with E-state index in [2.05, 4.69) is 26.9 Å². The van der Waals surface area contributed by atoms with E-state index in [0.717, 1.165) is 81.8 Å². The van der Waals surface area contributed by atoms with Gasteiger partial charge in [0.1, 0.15) is 5.82 Å². The highest BCUT2D eigenvalue weighted by atomic mass is 35.5. The monoisotopic (exact) mass is 508 g/mol. The lowest BCUT2D eigenvalue weighted by atomic mass is 10.1. The van der Waals surface area contributed by atoms with E-state index in [-0.39, 0.29) is 5.56 Å². The number of hydrogen-bond acceptors (Lipinski definition) is 5. The Balaban J connectivity index is 1.00. The van der Waals surface area contributed by atoms with E-state index >= 15 is 0 Å². The maximum Gasteiger partial charge on any atom is 0.299 e. The van der Waals surface area contributed by atoms with Gasteiger partial charge in [-0.3, -0.25) is 19.5 Å². The molecule has 0 atom stereocenters. The van der Waals surface area contributed by atoms with Crippen molar-refractivity contribution in [3.05, 3.63) is 65.1 Å². The second-order valence-electron chi connectivity index (χ2n) is 9.54. The average molecular weight is 509 g/mol. The average Bonchev–Trinajstić information content (AvgIpc) is 3.12. The van der Waals surface area contributed by atoms with Crippen molar-refractivity contribution in [3.8, 4) is 0 Å². The molecule has 3 heterocycles. The maximum atomic E-state index is 13.4. The summed E-state index contributed by atoms with van der Waals surface area (Å²) in [5.74, 6) is -1.64. The molecule has 0 aliphatic carbocycles. The van der Waals surface area contributed by atoms with Crippen molar-refractivity contribution < 1.29 is 14.0 Å². The number of benzene rings is 2. The summed E-state index contributed by atoms with van der Waals surface area (Å²) < 4.78 is 13.4. The number of carbonyl (C=O) groups excluding carboxylic acids is 2. The van der Waals surface area contributed by atoms with Gasteiger partial charge >= 0.3 is 0 Å². The molecular formula is C28H30ClFN4O2. The second kappa shape index (κ2) is 10.9. The minimum absolute atomic E-state index is 0.182. The number of amides is 1. The summed E-state index contributed by atoms with van der Waals surface area (Å²) in [5.41, 5.74) is 2.87. The summed E-state index contributed by atoms with van der Waals surface area (Å²) in [4.78, 5) is 35.2. The van der Waals surface area contributed by atoms with Gasteiger partial charge in [-0.1, -0.05) is 30.9 Å². The predicted octanol–water partition coefficient (Wildman–Crippen LogP) is 5.33. The number of ketones is 1. The number of hydrogen-bond donors (Lipinski definition) is 0. The Hall–Kier alpha value is -3.03. The van der Waals surface area contributed by atoms with E-state index in [1.807, 2.05) is 18.3 Å². The molecule has 1 amide bonds. The van der Waals surface area contributed by atoms with E-state index < -0.39 is 17.5 Å². The lowest BCUT2D eigenvalue weighted by Gasteiger charge is -2.36. The van der Waals surface area contributed by atoms with E-state index in [4.69, 9.17) is 11.6 Å². The van der Waals surface area contributed by atoms with Gasteiger partial charge in [0.05, 0.1) is 16.8 Å². The fourth-order valence-corrected chi connectivity index (χ4v) is 5.39. The first-order valence-electron chi connectivity index (χ1n) is 12.7. The van der Waals surface area contributed by atoms with Crippen LogP contribution in [0.4, 0.5) is 15.8 Å². The van der Waals surface area contributed by atoms with Gasteiger partial charge < -0.3 is 9.80 Å². The zero-order chi connectivity index (χ0) is 25.1. The molecule has 36 heavy (non-hydrogen) atoms. The third-order valence-corrected chi connectivity index (χ3v) is 7.42. The molecule has 0 spiro atoms. The van der Waals surface area contributed by atoms with Crippen LogP contribution in [-0.2, 0) is 4.79 Å². The van der Waals surface area contributed by atoms with Gasteiger partial charge in [-0.15, -0.1) is 0 Å². The summed E-state index contributed by atoms with van der Waals surface area (Å²) >= 11 is 6.13. The molecule has 6 nitrogen and oxygen atoms in total. The summed E-state index contributed by atoms with van der Waals surface area (Å²) in [6.07, 6.45) is 7.08. The number of nitrogens with zero attached hydrogens (tertiary/aromatic N) is 4. The van der Waals surface area contributed by atoms with Crippen LogP contribution in [0.25, 0.3) is 10.9 Å². The number of rotatable bonds is 9. The second-order valence-corrected chi connectivity index (χ2v) is 9.97. The standard InChI is InChI=1S/C28H30ClFN4O2/c29-20-6-8-22-24(18-20)31-11-10-25(22)33-16-14-32(15-17-33)12-4-2-1-3-5-13-34-26-9-7-21(30)19-23(26)27(35)28(34)36/h6-11,18-19H,1-5,12-17H2. The summed E-state index contributed by atoms with van der Waals surface area (Å²) in [6.45, 7) is 5.68. The number of fused-ring (bicyclic) bond motifs is 2. The molecule has 0 saturated carbocycles. The molecule has 8 heteroatoms. The number of Topliss-reactive ketones (excluding diaryl/α,β-unsaturated/α-hetero) is 1. The molecule has 2 aliphatic heterocycles. The van der Waals surface area contributed by atoms with Crippen LogP contribution >= 0.6 is 11.6 Å². The smallest absolute Gasteiger partial charge is 0.299 e. The molecule has 0 unspecified atom stereocenters. The highest BCUT2D eigenvalue weighted by molar-refractivity contribution is 6.52. The van der Waals surface area contributed by atoms with Gasteiger partial charge in [0.15, 0.2) is 0 Å². The predicted molar refractivity (Wildman–Crippen MR) is 142 cm³/mol. The van der Waals surface area contributed by atoms with Crippen molar-refractivity contribution in [2.45, 2.75) is 32.1 Å². The van der Waals surface area contributed by atoms with Crippen molar-refractivity contribution in [3.63, 3.8) is 0 Å². The van der Waals surface area contributed by atoms with Gasteiger partial charge in [-0.2, -0.15) is 0 Å². The normalized spacial score (nSPS) is 16.3. The lowest BCUT2D eigenvalue weighted by molar-refractivity contribution is -0.114. The zero-order valence-electron chi connectivity index (χ0n) is 20.3. The largest absolute Gasteiger partial charge is 0.368 e. The third-order valence-electron chi connectivity index (χ3n) is 7.18. The molecule has 0 bridgehead atoms. The molecule has 3 aromatic rings. The van der Waals surface area contributed by atoms with Crippen molar-refractivity contribution in [2.75, 3.05) is 49.1 Å². The molecule has 2 aliphatic rings. The molecule has 188 valence electrons. The number of aromatic nitrogens is 1. The van der Waals surface area contributed by atoms with Crippen LogP contribution in [0.2, 0.25) is 5.02 Å². The van der Waals surface area contributed by atoms with Crippen molar-refractivity contribution in [1.29, 1.82) is 0 Å². The van der Waals surface area contributed by atoms with Crippen LogP contribution in [0.5, 0.6) is 0 Å². The molecular weight excluding hydrogens is 479 g/mol. The molecule has 1 fully saturated rings. The molecule has 0 N–H and O–H groups in total. The van der Waals surface area contributed by atoms with Crippen LogP contribution in [-0.4, -0.2) is 60.8 Å². The van der Waals surface area contributed by atoms with E-state index in [1.165, 1.54) is 22.7 Å². The van der Waals surface area contributed by atoms with Gasteiger partial charge in [0, 0.05) is 55.0 Å². The van der Waals surface area contributed by atoms with Crippen molar-refractivity contribution >= 4 is 45.6 Å². The van der Waals surface area contributed by atoms with Crippen LogP contribution in [0.15, 0.2) is 48.7 Å². The molecule has 0 radical (unpaired) electrons.